The fourth-order valence-electron chi connectivity index (χ4n) is 2.74. The zero-order chi connectivity index (χ0) is 12.5. The highest BCUT2D eigenvalue weighted by molar-refractivity contribution is 5.63. The van der Waals surface area contributed by atoms with Crippen molar-refractivity contribution in [2.24, 2.45) is 7.05 Å². The molecule has 1 N–H and O–H groups in total. The Hall–Kier alpha value is -1.61. The molecule has 0 spiro atoms. The van der Waals surface area contributed by atoms with Crippen LogP contribution in [-0.4, -0.2) is 16.3 Å². The van der Waals surface area contributed by atoms with Crippen molar-refractivity contribution >= 4 is 0 Å². The molecule has 3 nitrogen and oxygen atoms in total. The van der Waals surface area contributed by atoms with E-state index in [-0.39, 0.29) is 0 Å². The molecule has 1 aliphatic heterocycles. The summed E-state index contributed by atoms with van der Waals surface area (Å²) in [5.74, 6) is 0. The van der Waals surface area contributed by atoms with E-state index in [0.717, 1.165) is 12.2 Å². The second-order valence-electron chi connectivity index (χ2n) is 5.04. The van der Waals surface area contributed by atoms with Crippen molar-refractivity contribution < 1.29 is 0 Å². The number of aromatic nitrogens is 2. The van der Waals surface area contributed by atoms with Crippen LogP contribution in [0.1, 0.15) is 30.1 Å². The molecule has 3 rings (SSSR count). The lowest BCUT2D eigenvalue weighted by atomic mass is 10.0. The van der Waals surface area contributed by atoms with Crippen LogP contribution in [0.4, 0.5) is 0 Å². The summed E-state index contributed by atoms with van der Waals surface area (Å²) in [5, 5.41) is 8.20. The third-order valence-electron chi connectivity index (χ3n) is 3.75. The molecular formula is C15H19N3. The minimum Gasteiger partial charge on any atom is -0.309 e. The van der Waals surface area contributed by atoms with Crippen molar-refractivity contribution in [3.63, 3.8) is 0 Å². The molecule has 0 aliphatic carbocycles. The maximum absolute atomic E-state index is 4.66. The van der Waals surface area contributed by atoms with E-state index in [2.05, 4.69) is 47.7 Å². The molecule has 1 fully saturated rings. The van der Waals surface area contributed by atoms with Crippen molar-refractivity contribution in [2.75, 3.05) is 6.54 Å². The maximum atomic E-state index is 4.66. The van der Waals surface area contributed by atoms with Gasteiger partial charge < -0.3 is 5.32 Å². The highest BCUT2D eigenvalue weighted by Gasteiger charge is 2.20. The van der Waals surface area contributed by atoms with Gasteiger partial charge in [-0.15, -0.1) is 0 Å². The Kier molecular flexibility index (Phi) is 2.92. The van der Waals surface area contributed by atoms with Gasteiger partial charge in [0.1, 0.15) is 0 Å². The van der Waals surface area contributed by atoms with E-state index < -0.39 is 0 Å². The zero-order valence-corrected chi connectivity index (χ0v) is 11.0. The van der Waals surface area contributed by atoms with Crippen molar-refractivity contribution in [1.82, 2.24) is 15.1 Å². The van der Waals surface area contributed by atoms with Gasteiger partial charge in [0.2, 0.25) is 0 Å². The first-order valence-corrected chi connectivity index (χ1v) is 6.59. The van der Waals surface area contributed by atoms with Gasteiger partial charge in [0.15, 0.2) is 0 Å². The summed E-state index contributed by atoms with van der Waals surface area (Å²) in [6.45, 7) is 3.26. The predicted octanol–water partition coefficient (Wildman–Crippen LogP) is 2.82. The largest absolute Gasteiger partial charge is 0.309 e. The van der Waals surface area contributed by atoms with Crippen LogP contribution in [0.3, 0.4) is 0 Å². The Morgan fingerprint density at radius 3 is 2.89 bits per heavy atom. The van der Waals surface area contributed by atoms with Crippen LogP contribution in [0.25, 0.3) is 11.3 Å². The van der Waals surface area contributed by atoms with Crippen LogP contribution in [0.2, 0.25) is 0 Å². The van der Waals surface area contributed by atoms with Gasteiger partial charge in [0.05, 0.1) is 11.4 Å². The smallest absolute Gasteiger partial charge is 0.0929 e. The Balaban J connectivity index is 1.99. The molecule has 2 heterocycles. The van der Waals surface area contributed by atoms with Crippen LogP contribution in [-0.2, 0) is 7.05 Å². The molecule has 0 radical (unpaired) electrons. The van der Waals surface area contributed by atoms with E-state index in [4.69, 9.17) is 0 Å². The van der Waals surface area contributed by atoms with Crippen molar-refractivity contribution in [3.8, 4) is 11.3 Å². The predicted molar refractivity (Wildman–Crippen MR) is 73.4 cm³/mol. The average molecular weight is 241 g/mol. The Bertz CT molecular complexity index is 551. The lowest BCUT2D eigenvalue weighted by Crippen LogP contribution is -2.16. The van der Waals surface area contributed by atoms with Gasteiger partial charge >= 0.3 is 0 Å². The highest BCUT2D eigenvalue weighted by Crippen LogP contribution is 2.28. The summed E-state index contributed by atoms with van der Waals surface area (Å²) >= 11 is 0. The molecule has 2 aromatic rings. The van der Waals surface area contributed by atoms with E-state index in [1.54, 1.807) is 0 Å². The number of hydrogen-bond donors (Lipinski definition) is 1. The normalized spacial score (nSPS) is 19.3. The summed E-state index contributed by atoms with van der Waals surface area (Å²) in [5.41, 5.74) is 4.89. The minimum absolute atomic E-state index is 0.472. The molecule has 1 aromatic heterocycles. The van der Waals surface area contributed by atoms with E-state index in [9.17, 15) is 0 Å². The summed E-state index contributed by atoms with van der Waals surface area (Å²) in [4.78, 5) is 0. The van der Waals surface area contributed by atoms with Gasteiger partial charge in [-0.3, -0.25) is 4.68 Å². The number of nitrogens with one attached hydrogen (secondary N) is 1. The van der Waals surface area contributed by atoms with Crippen molar-refractivity contribution in [1.29, 1.82) is 0 Å². The minimum atomic E-state index is 0.472. The monoisotopic (exact) mass is 241 g/mol. The van der Waals surface area contributed by atoms with Gasteiger partial charge in [-0.05, 0) is 37.9 Å². The van der Waals surface area contributed by atoms with E-state index in [1.165, 1.54) is 29.7 Å². The molecule has 1 atom stereocenters. The van der Waals surface area contributed by atoms with E-state index >= 15 is 0 Å². The molecule has 1 saturated heterocycles. The maximum Gasteiger partial charge on any atom is 0.0929 e. The molecule has 0 saturated carbocycles. The number of aryl methyl sites for hydroxylation is 2. The lowest BCUT2D eigenvalue weighted by molar-refractivity contribution is 0.574. The van der Waals surface area contributed by atoms with Crippen LogP contribution >= 0.6 is 0 Å². The third kappa shape index (κ3) is 1.95. The Labute approximate surface area is 108 Å². The molecule has 0 bridgehead atoms. The van der Waals surface area contributed by atoms with Gasteiger partial charge in [-0.25, -0.2) is 0 Å². The van der Waals surface area contributed by atoms with Crippen LogP contribution < -0.4 is 5.32 Å². The fraction of sp³-hybridized carbons (Fsp3) is 0.400. The standard InChI is InChI=1S/C15H19N3/c1-11-6-3-4-7-12(11)14-10-15(18(2)17-14)13-8-5-9-16-13/h3-4,6-7,10,13,16H,5,8-9H2,1-2H3. The van der Waals surface area contributed by atoms with Crippen molar-refractivity contribution in [2.45, 2.75) is 25.8 Å². The first-order chi connectivity index (χ1) is 8.75. The Morgan fingerprint density at radius 1 is 1.33 bits per heavy atom. The molecule has 94 valence electrons. The van der Waals surface area contributed by atoms with Gasteiger partial charge in [-0.2, -0.15) is 5.10 Å². The second kappa shape index (κ2) is 4.58. The van der Waals surface area contributed by atoms with Gasteiger partial charge in [-0.1, -0.05) is 24.3 Å². The van der Waals surface area contributed by atoms with Crippen molar-refractivity contribution in [3.05, 3.63) is 41.6 Å². The lowest BCUT2D eigenvalue weighted by Gasteiger charge is -2.09. The fourth-order valence-corrected chi connectivity index (χ4v) is 2.74. The Morgan fingerprint density at radius 2 is 2.17 bits per heavy atom. The van der Waals surface area contributed by atoms with Crippen LogP contribution in [0.15, 0.2) is 30.3 Å². The van der Waals surface area contributed by atoms with Crippen LogP contribution in [0.5, 0.6) is 0 Å². The number of rotatable bonds is 2. The second-order valence-corrected chi connectivity index (χ2v) is 5.04. The summed E-state index contributed by atoms with van der Waals surface area (Å²) in [6.07, 6.45) is 2.47. The summed E-state index contributed by atoms with van der Waals surface area (Å²) in [6, 6.07) is 11.1. The third-order valence-corrected chi connectivity index (χ3v) is 3.75. The van der Waals surface area contributed by atoms with Crippen LogP contribution in [0, 0.1) is 6.92 Å². The highest BCUT2D eigenvalue weighted by atomic mass is 15.3. The first-order valence-electron chi connectivity index (χ1n) is 6.59. The number of benzene rings is 1. The quantitative estimate of drug-likeness (QED) is 0.876. The van der Waals surface area contributed by atoms with E-state index in [0.29, 0.717) is 6.04 Å². The SMILES string of the molecule is Cc1ccccc1-c1cc(C2CCCN2)n(C)n1. The molecule has 1 aromatic carbocycles. The number of nitrogens with zero attached hydrogens (tertiary/aromatic N) is 2. The summed E-state index contributed by atoms with van der Waals surface area (Å²) < 4.78 is 2.02. The molecule has 1 aliphatic rings. The molecule has 18 heavy (non-hydrogen) atoms. The number of hydrogen-bond acceptors (Lipinski definition) is 2. The zero-order valence-electron chi connectivity index (χ0n) is 11.0. The molecular weight excluding hydrogens is 222 g/mol. The summed E-state index contributed by atoms with van der Waals surface area (Å²) in [7, 11) is 2.04. The average Bonchev–Trinajstić information content (AvgIpc) is 2.98. The first kappa shape index (κ1) is 11.5. The molecule has 3 heteroatoms. The topological polar surface area (TPSA) is 29.9 Å². The molecule has 0 amide bonds. The van der Waals surface area contributed by atoms with Gasteiger partial charge in [0.25, 0.3) is 0 Å². The van der Waals surface area contributed by atoms with Gasteiger partial charge in [0, 0.05) is 18.7 Å². The molecule has 1 unspecified atom stereocenters. The van der Waals surface area contributed by atoms with E-state index in [1.807, 2.05) is 11.7 Å².